The molecular weight excluding hydrogens is 227 g/mol. The van der Waals surface area contributed by atoms with Crippen molar-refractivity contribution in [2.45, 2.75) is 17.3 Å². The minimum absolute atomic E-state index is 0. The molecule has 2 heteroatoms. The molecule has 0 aromatic carbocycles. The van der Waals surface area contributed by atoms with Crippen LogP contribution in [0.2, 0.25) is 17.3 Å². The molecule has 0 aliphatic rings. The summed E-state index contributed by atoms with van der Waals surface area (Å²) < 4.78 is 0. The molecule has 0 fully saturated rings. The van der Waals surface area contributed by atoms with Crippen molar-refractivity contribution >= 4 is 38.3 Å². The molecule has 0 nitrogen and oxygen atoms in total. The largest absolute Gasteiger partial charge is 0 e. The van der Waals surface area contributed by atoms with Gasteiger partial charge in [-0.2, -0.15) is 0 Å². The molecule has 35 valence electrons. The topological polar surface area (TPSA) is 0 Å². The summed E-state index contributed by atoms with van der Waals surface area (Å²) in [6, 6.07) is 0. The van der Waals surface area contributed by atoms with Gasteiger partial charge in [0.1, 0.15) is 0 Å². The molecule has 0 N–H and O–H groups in total. The molecule has 0 aromatic heterocycles. The van der Waals surface area contributed by atoms with Gasteiger partial charge in [-0.25, -0.2) is 0 Å². The minimum atomic E-state index is -0.333. The van der Waals surface area contributed by atoms with Crippen LogP contribution in [0.4, 0.5) is 0 Å². The Hall–Kier alpha value is 1.34. The Bertz CT molecular complexity index is 19.2. The SMILES string of the molecule is [CH3][Ge]([CH3])[CH3].[HH].[HH].[HH].[Sn]. The van der Waals surface area contributed by atoms with Crippen LogP contribution >= 0.6 is 0 Å². The summed E-state index contributed by atoms with van der Waals surface area (Å²) in [6.07, 6.45) is 0. The maximum atomic E-state index is 2.33. The van der Waals surface area contributed by atoms with Crippen molar-refractivity contribution in [1.29, 1.82) is 0 Å². The monoisotopic (exact) mass is 245 g/mol. The Labute approximate surface area is 59.9 Å². The van der Waals surface area contributed by atoms with E-state index in [1.807, 2.05) is 0 Å². The van der Waals surface area contributed by atoms with Gasteiger partial charge in [-0.05, 0) is 0 Å². The molecule has 0 aliphatic carbocycles. The first kappa shape index (κ1) is 9.60. The molecule has 0 amide bonds. The van der Waals surface area contributed by atoms with Crippen LogP contribution in [-0.4, -0.2) is 38.3 Å². The molecule has 0 atom stereocenters. The van der Waals surface area contributed by atoms with Crippen molar-refractivity contribution in [3.8, 4) is 0 Å². The van der Waals surface area contributed by atoms with Gasteiger partial charge in [0, 0.05) is 28.2 Å². The Kier molecular flexibility index (Phi) is 10.3. The summed E-state index contributed by atoms with van der Waals surface area (Å²) in [5, 5.41) is 0. The summed E-state index contributed by atoms with van der Waals surface area (Å²) in [5.74, 6) is 7.00. The van der Waals surface area contributed by atoms with Gasteiger partial charge >= 0.3 is 31.6 Å². The summed E-state index contributed by atoms with van der Waals surface area (Å²) >= 11 is -0.333. The van der Waals surface area contributed by atoms with Crippen LogP contribution in [0.3, 0.4) is 0 Å². The van der Waals surface area contributed by atoms with Crippen LogP contribution in [0.5, 0.6) is 0 Å². The van der Waals surface area contributed by atoms with Gasteiger partial charge in [-0.1, -0.05) is 0 Å². The van der Waals surface area contributed by atoms with E-state index < -0.39 is 0 Å². The van der Waals surface area contributed by atoms with Gasteiger partial charge in [-0.3, -0.25) is 0 Å². The van der Waals surface area contributed by atoms with Crippen LogP contribution < -0.4 is 0 Å². The first-order valence-corrected chi connectivity index (χ1v) is 7.79. The Morgan fingerprint density at radius 3 is 1.20 bits per heavy atom. The summed E-state index contributed by atoms with van der Waals surface area (Å²) in [6.45, 7) is 0. The second-order valence-corrected chi connectivity index (χ2v) is 7.79. The molecular formula is C3H15GeSn. The molecule has 0 bridgehead atoms. The van der Waals surface area contributed by atoms with E-state index in [2.05, 4.69) is 17.3 Å². The molecule has 0 spiro atoms. The summed E-state index contributed by atoms with van der Waals surface area (Å²) in [4.78, 5) is 0. The van der Waals surface area contributed by atoms with Crippen LogP contribution in [0.1, 0.15) is 4.28 Å². The number of hydrogen-bond acceptors (Lipinski definition) is 0. The average molecular weight is 242 g/mol. The zero-order valence-electron chi connectivity index (χ0n) is 4.00. The first-order valence-electron chi connectivity index (χ1n) is 1.50. The van der Waals surface area contributed by atoms with Crippen molar-refractivity contribution in [3.63, 3.8) is 0 Å². The summed E-state index contributed by atoms with van der Waals surface area (Å²) in [5.41, 5.74) is 0. The summed E-state index contributed by atoms with van der Waals surface area (Å²) in [7, 11) is 0. The number of rotatable bonds is 0. The van der Waals surface area contributed by atoms with E-state index in [9.17, 15) is 0 Å². The van der Waals surface area contributed by atoms with E-state index in [1.54, 1.807) is 0 Å². The predicted molar refractivity (Wildman–Crippen MR) is 35.4 cm³/mol. The van der Waals surface area contributed by atoms with Crippen molar-refractivity contribution in [2.24, 2.45) is 0 Å². The van der Waals surface area contributed by atoms with Crippen LogP contribution in [0.25, 0.3) is 0 Å². The third kappa shape index (κ3) is 33.1. The average Bonchev–Trinajstić information content (AvgIpc) is 0.811. The maximum absolute atomic E-state index is 2.33. The Morgan fingerprint density at radius 1 is 1.20 bits per heavy atom. The van der Waals surface area contributed by atoms with E-state index in [0.717, 1.165) is 0 Å². The molecule has 0 aromatic rings. The van der Waals surface area contributed by atoms with Gasteiger partial charge in [0.15, 0.2) is 0 Å². The van der Waals surface area contributed by atoms with Gasteiger partial charge in [-0.15, -0.1) is 0 Å². The predicted octanol–water partition coefficient (Wildman–Crippen LogP) is 1.73. The van der Waals surface area contributed by atoms with Crippen molar-refractivity contribution in [2.75, 3.05) is 0 Å². The quantitative estimate of drug-likeness (QED) is 0.568. The zero-order chi connectivity index (χ0) is 3.58. The molecule has 0 saturated carbocycles. The Morgan fingerprint density at radius 2 is 1.20 bits per heavy atom. The molecule has 0 aliphatic heterocycles. The zero-order valence-corrected chi connectivity index (χ0v) is 8.95. The fourth-order valence-corrected chi connectivity index (χ4v) is 0. The van der Waals surface area contributed by atoms with Crippen molar-refractivity contribution in [1.82, 2.24) is 0 Å². The van der Waals surface area contributed by atoms with Crippen LogP contribution in [0.15, 0.2) is 0 Å². The van der Waals surface area contributed by atoms with Gasteiger partial charge in [0.05, 0.1) is 0 Å². The number of hydrogen-bond donors (Lipinski definition) is 0. The van der Waals surface area contributed by atoms with Gasteiger partial charge in [0.25, 0.3) is 0 Å². The van der Waals surface area contributed by atoms with Crippen molar-refractivity contribution in [3.05, 3.63) is 0 Å². The smallest absolute Gasteiger partial charge is 0 e. The standard InChI is InChI=1S/C3H9Ge.Sn.3H2/c1-4(2)3;;;;/h1-3H3;;3*1H. The van der Waals surface area contributed by atoms with E-state index in [0.29, 0.717) is 0 Å². The molecule has 0 saturated heterocycles. The molecule has 0 heterocycles. The third-order valence-corrected chi connectivity index (χ3v) is 0. The van der Waals surface area contributed by atoms with E-state index in [1.165, 1.54) is 0 Å². The van der Waals surface area contributed by atoms with Gasteiger partial charge < -0.3 is 0 Å². The fraction of sp³-hybridized carbons (Fsp3) is 1.00. The van der Waals surface area contributed by atoms with Crippen LogP contribution in [0, 0.1) is 0 Å². The van der Waals surface area contributed by atoms with E-state index >= 15 is 0 Å². The molecule has 0 rings (SSSR count). The van der Waals surface area contributed by atoms with Crippen LogP contribution in [-0.2, 0) is 0 Å². The third-order valence-electron chi connectivity index (χ3n) is 0. The molecule has 0 unspecified atom stereocenters. The van der Waals surface area contributed by atoms with Gasteiger partial charge in [0.2, 0.25) is 0 Å². The second kappa shape index (κ2) is 5.34. The van der Waals surface area contributed by atoms with E-state index in [-0.39, 0.29) is 42.5 Å². The Balaban J connectivity index is -0.00000000750. The fourth-order valence-electron chi connectivity index (χ4n) is 0. The molecule has 5 radical (unpaired) electrons. The first-order chi connectivity index (χ1) is 1.73. The normalized spacial score (nSPS) is 7.20. The van der Waals surface area contributed by atoms with Crippen molar-refractivity contribution < 1.29 is 4.28 Å². The minimum Gasteiger partial charge on any atom is 0 e. The maximum Gasteiger partial charge on any atom is 0 e. The van der Waals surface area contributed by atoms with E-state index in [4.69, 9.17) is 0 Å². The molecule has 5 heavy (non-hydrogen) atoms. The second-order valence-electron chi connectivity index (χ2n) is 1.50.